The second-order valence-electron chi connectivity index (χ2n) is 5.87. The average molecular weight is 340 g/mol. The van der Waals surface area contributed by atoms with Crippen LogP contribution in [0.3, 0.4) is 0 Å². The number of carbonyl (C=O) groups excluding carboxylic acids is 2. The summed E-state index contributed by atoms with van der Waals surface area (Å²) in [5.74, 6) is -0.371. The van der Waals surface area contributed by atoms with Crippen molar-refractivity contribution in [2.24, 2.45) is 0 Å². The molecule has 0 fully saturated rings. The fraction of sp³-hybridized carbons (Fsp3) is 0.158. The molecular formula is C19H17FN2O3. The number of fused-ring (bicyclic) bond motifs is 1. The molecule has 0 radical (unpaired) electrons. The van der Waals surface area contributed by atoms with E-state index in [9.17, 15) is 14.0 Å². The molecule has 1 aliphatic heterocycles. The number of amides is 2. The van der Waals surface area contributed by atoms with Crippen LogP contribution in [0.2, 0.25) is 0 Å². The van der Waals surface area contributed by atoms with E-state index in [1.165, 1.54) is 24.3 Å². The third-order valence-corrected chi connectivity index (χ3v) is 3.69. The highest BCUT2D eigenvalue weighted by molar-refractivity contribution is 6.05. The molecule has 0 spiro atoms. The Kier molecular flexibility index (Phi) is 4.52. The highest BCUT2D eigenvalue weighted by atomic mass is 19.1. The first-order valence-corrected chi connectivity index (χ1v) is 7.72. The third kappa shape index (κ3) is 3.68. The van der Waals surface area contributed by atoms with Crippen LogP contribution in [0.4, 0.5) is 15.8 Å². The Morgan fingerprint density at radius 3 is 2.68 bits per heavy atom. The van der Waals surface area contributed by atoms with Crippen molar-refractivity contribution in [2.75, 3.05) is 23.4 Å². The number of anilines is 2. The molecule has 1 aliphatic rings. The largest absolute Gasteiger partial charge is 0.482 e. The van der Waals surface area contributed by atoms with Gasteiger partial charge in [-0.05, 0) is 49.4 Å². The third-order valence-electron chi connectivity index (χ3n) is 3.69. The summed E-state index contributed by atoms with van der Waals surface area (Å²) in [6.45, 7) is 6.03. The maximum atomic E-state index is 13.0. The summed E-state index contributed by atoms with van der Waals surface area (Å²) in [7, 11) is 0. The summed E-state index contributed by atoms with van der Waals surface area (Å²) in [6, 6.07) is 10.3. The van der Waals surface area contributed by atoms with Gasteiger partial charge in [0, 0.05) is 17.8 Å². The van der Waals surface area contributed by atoms with Crippen molar-refractivity contribution in [3.63, 3.8) is 0 Å². The van der Waals surface area contributed by atoms with Crippen LogP contribution in [0.25, 0.3) is 0 Å². The first-order chi connectivity index (χ1) is 11.9. The molecule has 5 nitrogen and oxygen atoms in total. The lowest BCUT2D eigenvalue weighted by Gasteiger charge is -2.30. The lowest BCUT2D eigenvalue weighted by atomic mass is 10.1. The first-order valence-electron chi connectivity index (χ1n) is 7.72. The molecule has 3 rings (SSSR count). The predicted octanol–water partition coefficient (Wildman–Crippen LogP) is 3.38. The van der Waals surface area contributed by atoms with Crippen molar-refractivity contribution in [3.05, 3.63) is 66.0 Å². The smallest absolute Gasteiger partial charge is 0.265 e. The molecule has 0 aromatic heterocycles. The predicted molar refractivity (Wildman–Crippen MR) is 93.5 cm³/mol. The fourth-order valence-corrected chi connectivity index (χ4v) is 2.53. The Bertz CT molecular complexity index is 846. The van der Waals surface area contributed by atoms with E-state index in [-0.39, 0.29) is 18.4 Å². The number of hydrogen-bond acceptors (Lipinski definition) is 3. The van der Waals surface area contributed by atoms with Crippen molar-refractivity contribution in [1.29, 1.82) is 0 Å². The summed E-state index contributed by atoms with van der Waals surface area (Å²) >= 11 is 0. The van der Waals surface area contributed by atoms with Gasteiger partial charge in [-0.25, -0.2) is 4.39 Å². The Hall–Kier alpha value is -3.15. The van der Waals surface area contributed by atoms with Gasteiger partial charge in [0.2, 0.25) is 0 Å². The topological polar surface area (TPSA) is 58.6 Å². The lowest BCUT2D eigenvalue weighted by molar-refractivity contribution is -0.121. The standard InChI is InChI=1S/C19H17FN2O3/c1-12(2)10-22-16-9-15(7-8-17(16)25-11-18(22)23)21-19(24)13-3-5-14(20)6-4-13/h3-9H,1,10-11H2,2H3,(H,21,24). The number of halogens is 1. The van der Waals surface area contributed by atoms with Crippen molar-refractivity contribution in [1.82, 2.24) is 0 Å². The fourth-order valence-electron chi connectivity index (χ4n) is 2.53. The molecule has 0 saturated heterocycles. The number of nitrogens with zero attached hydrogens (tertiary/aromatic N) is 1. The van der Waals surface area contributed by atoms with Crippen molar-refractivity contribution in [2.45, 2.75) is 6.92 Å². The van der Waals surface area contributed by atoms with Crippen molar-refractivity contribution in [3.8, 4) is 5.75 Å². The highest BCUT2D eigenvalue weighted by Crippen LogP contribution is 2.35. The summed E-state index contributed by atoms with van der Waals surface area (Å²) in [5.41, 5.74) is 2.27. The number of rotatable bonds is 4. The van der Waals surface area contributed by atoms with Gasteiger partial charge in [0.05, 0.1) is 5.69 Å². The van der Waals surface area contributed by atoms with Crippen molar-refractivity contribution >= 4 is 23.2 Å². The Balaban J connectivity index is 1.85. The van der Waals surface area contributed by atoms with E-state index in [1.54, 1.807) is 23.1 Å². The highest BCUT2D eigenvalue weighted by Gasteiger charge is 2.25. The maximum Gasteiger partial charge on any atom is 0.265 e. The molecule has 25 heavy (non-hydrogen) atoms. The van der Waals surface area contributed by atoms with Crippen LogP contribution in [0.5, 0.6) is 5.75 Å². The summed E-state index contributed by atoms with van der Waals surface area (Å²) < 4.78 is 18.4. The second-order valence-corrected chi connectivity index (χ2v) is 5.87. The molecule has 0 saturated carbocycles. The Morgan fingerprint density at radius 1 is 1.28 bits per heavy atom. The SMILES string of the molecule is C=C(C)CN1C(=O)COc2ccc(NC(=O)c3ccc(F)cc3)cc21. The second kappa shape index (κ2) is 6.76. The molecular weight excluding hydrogens is 323 g/mol. The molecule has 1 N–H and O–H groups in total. The van der Waals surface area contributed by atoms with E-state index in [2.05, 4.69) is 11.9 Å². The van der Waals surface area contributed by atoms with Crippen LogP contribution in [0.15, 0.2) is 54.6 Å². The molecule has 0 bridgehead atoms. The number of carbonyl (C=O) groups is 2. The first kappa shape index (κ1) is 16.7. The van der Waals surface area contributed by atoms with Gasteiger partial charge in [-0.3, -0.25) is 9.59 Å². The zero-order valence-corrected chi connectivity index (χ0v) is 13.7. The minimum atomic E-state index is -0.406. The summed E-state index contributed by atoms with van der Waals surface area (Å²) in [4.78, 5) is 26.0. The van der Waals surface area contributed by atoms with Crippen LogP contribution >= 0.6 is 0 Å². The van der Waals surface area contributed by atoms with Gasteiger partial charge in [-0.1, -0.05) is 12.2 Å². The zero-order valence-electron chi connectivity index (χ0n) is 13.7. The van der Waals surface area contributed by atoms with Crippen LogP contribution in [-0.4, -0.2) is 25.0 Å². The van der Waals surface area contributed by atoms with Gasteiger partial charge >= 0.3 is 0 Å². The van der Waals surface area contributed by atoms with E-state index >= 15 is 0 Å². The van der Waals surface area contributed by atoms with Gasteiger partial charge in [0.15, 0.2) is 6.61 Å². The van der Waals surface area contributed by atoms with E-state index in [1.807, 2.05) is 6.92 Å². The molecule has 6 heteroatoms. The zero-order chi connectivity index (χ0) is 18.0. The number of hydrogen-bond donors (Lipinski definition) is 1. The maximum absolute atomic E-state index is 13.0. The van der Waals surface area contributed by atoms with Gasteiger partial charge in [0.1, 0.15) is 11.6 Å². The van der Waals surface area contributed by atoms with Crippen LogP contribution in [0, 0.1) is 5.82 Å². The van der Waals surface area contributed by atoms with Gasteiger partial charge in [-0.2, -0.15) is 0 Å². The van der Waals surface area contributed by atoms with Crippen molar-refractivity contribution < 1.29 is 18.7 Å². The van der Waals surface area contributed by atoms with Gasteiger partial charge < -0.3 is 15.0 Å². The number of nitrogens with one attached hydrogen (secondary N) is 1. The van der Waals surface area contributed by atoms with Gasteiger partial charge in [0.25, 0.3) is 11.8 Å². The number of ether oxygens (including phenoxy) is 1. The summed E-state index contributed by atoms with van der Waals surface area (Å²) in [5, 5.41) is 2.74. The van der Waals surface area contributed by atoms with Gasteiger partial charge in [-0.15, -0.1) is 0 Å². The monoisotopic (exact) mass is 340 g/mol. The molecule has 0 atom stereocenters. The molecule has 2 aromatic rings. The van der Waals surface area contributed by atoms with E-state index in [0.29, 0.717) is 29.2 Å². The molecule has 128 valence electrons. The molecule has 0 unspecified atom stereocenters. The Labute approximate surface area is 144 Å². The minimum Gasteiger partial charge on any atom is -0.482 e. The minimum absolute atomic E-state index is 0.0262. The average Bonchev–Trinajstić information content (AvgIpc) is 2.58. The quantitative estimate of drug-likeness (QED) is 0.868. The molecule has 0 aliphatic carbocycles. The Morgan fingerprint density at radius 2 is 2.00 bits per heavy atom. The van der Waals surface area contributed by atoms with Crippen LogP contribution < -0.4 is 15.0 Å². The normalized spacial score (nSPS) is 13.0. The molecule has 1 heterocycles. The molecule has 2 amide bonds. The van der Waals surface area contributed by atoms with Crippen LogP contribution in [0.1, 0.15) is 17.3 Å². The van der Waals surface area contributed by atoms with Crippen LogP contribution in [-0.2, 0) is 4.79 Å². The molecule has 2 aromatic carbocycles. The lowest BCUT2D eigenvalue weighted by Crippen LogP contribution is -2.39. The number of benzene rings is 2. The van der Waals surface area contributed by atoms with E-state index in [4.69, 9.17) is 4.74 Å². The van der Waals surface area contributed by atoms with E-state index < -0.39 is 5.82 Å². The van der Waals surface area contributed by atoms with E-state index in [0.717, 1.165) is 5.57 Å². The summed E-state index contributed by atoms with van der Waals surface area (Å²) in [6.07, 6.45) is 0.